The van der Waals surface area contributed by atoms with E-state index in [4.69, 9.17) is 0 Å². The summed E-state index contributed by atoms with van der Waals surface area (Å²) in [6, 6.07) is 0. The van der Waals surface area contributed by atoms with Gasteiger partial charge in [-0.15, -0.1) is 0 Å². The topological polar surface area (TPSA) is 29.9 Å². The van der Waals surface area contributed by atoms with E-state index >= 15 is 0 Å². The van der Waals surface area contributed by atoms with Crippen molar-refractivity contribution in [2.45, 2.75) is 40.0 Å². The summed E-state index contributed by atoms with van der Waals surface area (Å²) in [7, 11) is 1.97. The van der Waals surface area contributed by atoms with Gasteiger partial charge in [0.2, 0.25) is 0 Å². The lowest BCUT2D eigenvalue weighted by molar-refractivity contribution is 0.303. The molecule has 0 bridgehead atoms. The molecule has 16 heavy (non-hydrogen) atoms. The maximum Gasteiger partial charge on any atom is 0.0521 e. The van der Waals surface area contributed by atoms with Crippen molar-refractivity contribution in [3.63, 3.8) is 0 Å². The smallest absolute Gasteiger partial charge is 0.0521 e. The molecule has 3 heteroatoms. The zero-order valence-electron chi connectivity index (χ0n) is 11.1. The van der Waals surface area contributed by atoms with E-state index in [9.17, 15) is 0 Å². The maximum atomic E-state index is 4.20. The van der Waals surface area contributed by atoms with Crippen LogP contribution in [0.1, 0.15) is 39.2 Å². The highest BCUT2D eigenvalue weighted by atomic mass is 15.2. The molecule has 1 aromatic rings. The van der Waals surface area contributed by atoms with Crippen LogP contribution < -0.4 is 5.32 Å². The van der Waals surface area contributed by atoms with E-state index in [1.54, 1.807) is 0 Å². The van der Waals surface area contributed by atoms with Crippen molar-refractivity contribution in [1.29, 1.82) is 0 Å². The molecule has 1 heterocycles. The molecule has 0 radical (unpaired) electrons. The first-order chi connectivity index (χ1) is 7.53. The van der Waals surface area contributed by atoms with Crippen LogP contribution in [0.4, 0.5) is 0 Å². The average molecular weight is 223 g/mol. The van der Waals surface area contributed by atoms with Gasteiger partial charge < -0.3 is 5.32 Å². The van der Waals surface area contributed by atoms with Gasteiger partial charge in [0.25, 0.3) is 0 Å². The van der Waals surface area contributed by atoms with Crippen molar-refractivity contribution in [1.82, 2.24) is 15.1 Å². The number of hydrogen-bond acceptors (Lipinski definition) is 2. The fourth-order valence-corrected chi connectivity index (χ4v) is 1.81. The summed E-state index contributed by atoms with van der Waals surface area (Å²) in [4.78, 5) is 0. The lowest BCUT2D eigenvalue weighted by Gasteiger charge is -2.24. The molecular formula is C13H25N3. The summed E-state index contributed by atoms with van der Waals surface area (Å²) < 4.78 is 1.88. The number of nitrogens with zero attached hydrogens (tertiary/aromatic N) is 2. The molecule has 0 fully saturated rings. The SMILES string of the molecule is CCNCCC(C)(C)CCc1cnn(C)c1. The summed E-state index contributed by atoms with van der Waals surface area (Å²) in [5.41, 5.74) is 1.76. The quantitative estimate of drug-likeness (QED) is 0.719. The third kappa shape index (κ3) is 4.79. The summed E-state index contributed by atoms with van der Waals surface area (Å²) >= 11 is 0. The first kappa shape index (κ1) is 13.2. The minimum atomic E-state index is 0.415. The summed E-state index contributed by atoms with van der Waals surface area (Å²) in [5, 5.41) is 7.59. The molecule has 0 unspecified atom stereocenters. The number of rotatable bonds is 7. The van der Waals surface area contributed by atoms with Crippen molar-refractivity contribution in [3.8, 4) is 0 Å². The van der Waals surface area contributed by atoms with Crippen LogP contribution in [-0.2, 0) is 13.5 Å². The lowest BCUT2D eigenvalue weighted by Crippen LogP contribution is -2.22. The van der Waals surface area contributed by atoms with E-state index in [-0.39, 0.29) is 0 Å². The highest BCUT2D eigenvalue weighted by Crippen LogP contribution is 2.26. The molecule has 0 aliphatic carbocycles. The van der Waals surface area contributed by atoms with E-state index in [2.05, 4.69) is 37.4 Å². The molecule has 1 aromatic heterocycles. The van der Waals surface area contributed by atoms with Crippen molar-refractivity contribution in [2.75, 3.05) is 13.1 Å². The molecule has 0 atom stereocenters. The second-order valence-corrected chi connectivity index (χ2v) is 5.29. The zero-order chi connectivity index (χ0) is 12.0. The zero-order valence-corrected chi connectivity index (χ0v) is 11.1. The predicted octanol–water partition coefficient (Wildman–Crippen LogP) is 2.38. The van der Waals surface area contributed by atoms with Crippen molar-refractivity contribution in [2.24, 2.45) is 12.5 Å². The van der Waals surface area contributed by atoms with Crippen LogP contribution >= 0.6 is 0 Å². The maximum absolute atomic E-state index is 4.20. The molecule has 1 rings (SSSR count). The summed E-state index contributed by atoms with van der Waals surface area (Å²) in [6.07, 6.45) is 7.68. The Morgan fingerprint density at radius 1 is 1.38 bits per heavy atom. The van der Waals surface area contributed by atoms with Gasteiger partial charge in [-0.2, -0.15) is 5.10 Å². The van der Waals surface area contributed by atoms with Gasteiger partial charge in [0, 0.05) is 13.2 Å². The summed E-state index contributed by atoms with van der Waals surface area (Å²) in [5.74, 6) is 0. The Bertz CT molecular complexity index is 302. The van der Waals surface area contributed by atoms with Crippen LogP contribution in [0.5, 0.6) is 0 Å². The normalized spacial score (nSPS) is 12.0. The molecule has 0 aromatic carbocycles. The fourth-order valence-electron chi connectivity index (χ4n) is 1.81. The highest BCUT2D eigenvalue weighted by Gasteiger charge is 2.17. The lowest BCUT2D eigenvalue weighted by atomic mass is 9.83. The number of aryl methyl sites for hydroxylation is 2. The minimum absolute atomic E-state index is 0.415. The van der Waals surface area contributed by atoms with Gasteiger partial charge in [-0.05, 0) is 43.3 Å². The van der Waals surface area contributed by atoms with Crippen LogP contribution in [0, 0.1) is 5.41 Å². The summed E-state index contributed by atoms with van der Waals surface area (Å²) in [6.45, 7) is 9.04. The standard InChI is InChI=1S/C13H25N3/c1-5-14-9-8-13(2,3)7-6-12-10-15-16(4)11-12/h10-11,14H,5-9H2,1-4H3. The average Bonchev–Trinajstić information content (AvgIpc) is 2.62. The van der Waals surface area contributed by atoms with Gasteiger partial charge in [0.05, 0.1) is 6.20 Å². The number of aromatic nitrogens is 2. The van der Waals surface area contributed by atoms with Crippen LogP contribution in [0.3, 0.4) is 0 Å². The molecule has 0 spiro atoms. The van der Waals surface area contributed by atoms with Gasteiger partial charge in [0.15, 0.2) is 0 Å². The van der Waals surface area contributed by atoms with Crippen LogP contribution in [-0.4, -0.2) is 22.9 Å². The third-order valence-electron chi connectivity index (χ3n) is 3.08. The number of nitrogens with one attached hydrogen (secondary N) is 1. The predicted molar refractivity (Wildman–Crippen MR) is 68.5 cm³/mol. The first-order valence-electron chi connectivity index (χ1n) is 6.22. The Morgan fingerprint density at radius 2 is 2.12 bits per heavy atom. The second-order valence-electron chi connectivity index (χ2n) is 5.29. The van der Waals surface area contributed by atoms with Crippen molar-refractivity contribution < 1.29 is 0 Å². The van der Waals surface area contributed by atoms with Crippen LogP contribution in [0.25, 0.3) is 0 Å². The van der Waals surface area contributed by atoms with Gasteiger partial charge in [-0.25, -0.2) is 0 Å². The van der Waals surface area contributed by atoms with E-state index in [0.29, 0.717) is 5.41 Å². The molecule has 0 saturated carbocycles. The molecule has 0 aliphatic rings. The molecule has 0 aliphatic heterocycles. The Morgan fingerprint density at radius 3 is 2.69 bits per heavy atom. The Kier molecular flexibility index (Phi) is 5.00. The minimum Gasteiger partial charge on any atom is -0.317 e. The Balaban J connectivity index is 2.29. The molecule has 1 N–H and O–H groups in total. The van der Waals surface area contributed by atoms with E-state index in [1.165, 1.54) is 18.4 Å². The molecule has 3 nitrogen and oxygen atoms in total. The van der Waals surface area contributed by atoms with Gasteiger partial charge in [0.1, 0.15) is 0 Å². The monoisotopic (exact) mass is 223 g/mol. The largest absolute Gasteiger partial charge is 0.317 e. The first-order valence-corrected chi connectivity index (χ1v) is 6.22. The van der Waals surface area contributed by atoms with Gasteiger partial charge in [-0.1, -0.05) is 20.8 Å². The van der Waals surface area contributed by atoms with E-state index in [0.717, 1.165) is 19.5 Å². The van der Waals surface area contributed by atoms with Gasteiger partial charge in [-0.3, -0.25) is 4.68 Å². The van der Waals surface area contributed by atoms with E-state index < -0.39 is 0 Å². The molecule has 0 amide bonds. The molecule has 0 saturated heterocycles. The number of hydrogen-bond donors (Lipinski definition) is 1. The van der Waals surface area contributed by atoms with Crippen molar-refractivity contribution in [3.05, 3.63) is 18.0 Å². The highest BCUT2D eigenvalue weighted by molar-refractivity contribution is 5.04. The van der Waals surface area contributed by atoms with Crippen LogP contribution in [0.2, 0.25) is 0 Å². The Hall–Kier alpha value is -0.830. The van der Waals surface area contributed by atoms with Gasteiger partial charge >= 0.3 is 0 Å². The second kappa shape index (κ2) is 6.04. The van der Waals surface area contributed by atoms with Crippen LogP contribution in [0.15, 0.2) is 12.4 Å². The fraction of sp³-hybridized carbons (Fsp3) is 0.769. The Labute approximate surface area is 99.2 Å². The van der Waals surface area contributed by atoms with Crippen molar-refractivity contribution >= 4 is 0 Å². The molecular weight excluding hydrogens is 198 g/mol. The third-order valence-corrected chi connectivity index (χ3v) is 3.08. The molecule has 92 valence electrons. The van der Waals surface area contributed by atoms with E-state index in [1.807, 2.05) is 17.9 Å².